The van der Waals surface area contributed by atoms with Crippen molar-refractivity contribution in [2.75, 3.05) is 4.90 Å². The molecule has 2 nitrogen and oxygen atoms in total. The molecule has 1 heterocycles. The van der Waals surface area contributed by atoms with Crippen LogP contribution >= 0.6 is 0 Å². The lowest BCUT2D eigenvalue weighted by Gasteiger charge is -2.28. The molecule has 61 heavy (non-hydrogen) atoms. The number of fused-ring (bicyclic) bond motifs is 4. The van der Waals surface area contributed by atoms with E-state index in [1.165, 1.54) is 83.5 Å². The molecule has 8 aromatic rings. The largest absolute Gasteiger partial charge is 0.310 e. The summed E-state index contributed by atoms with van der Waals surface area (Å²) in [5, 5.41) is 1.26. The lowest BCUT2D eigenvalue weighted by atomic mass is 9.82. The Morgan fingerprint density at radius 1 is 0.607 bits per heavy atom. The fourth-order valence-corrected chi connectivity index (χ4v) is 9.54. The van der Waals surface area contributed by atoms with E-state index in [-0.39, 0.29) is 5.41 Å². The first kappa shape index (κ1) is 38.1. The Morgan fingerprint density at radius 2 is 1.16 bits per heavy atom. The molecule has 1 unspecified atom stereocenters. The van der Waals surface area contributed by atoms with Gasteiger partial charge in [-0.3, -0.25) is 0 Å². The Labute approximate surface area is 360 Å². The van der Waals surface area contributed by atoms with Crippen molar-refractivity contribution >= 4 is 39.7 Å². The third-order valence-electron chi connectivity index (χ3n) is 12.9. The third-order valence-corrected chi connectivity index (χ3v) is 12.9. The first-order valence-electron chi connectivity index (χ1n) is 21.5. The predicted octanol–water partition coefficient (Wildman–Crippen LogP) is 16.4. The molecule has 1 atom stereocenters. The second kappa shape index (κ2) is 15.5. The number of nitrogens with zero attached hydrogens (tertiary/aromatic N) is 2. The molecular formula is C59H50N2. The third kappa shape index (κ3) is 6.79. The normalized spacial score (nSPS) is 15.1. The van der Waals surface area contributed by atoms with Gasteiger partial charge >= 0.3 is 0 Å². The Hall–Kier alpha value is -7.16. The zero-order valence-corrected chi connectivity index (χ0v) is 35.4. The predicted molar refractivity (Wildman–Crippen MR) is 262 cm³/mol. The van der Waals surface area contributed by atoms with E-state index in [2.05, 4.69) is 232 Å². The lowest BCUT2D eigenvalue weighted by Crippen LogP contribution is -2.16. The van der Waals surface area contributed by atoms with Gasteiger partial charge in [-0.05, 0) is 141 Å². The van der Waals surface area contributed by atoms with Crippen molar-refractivity contribution < 1.29 is 0 Å². The maximum Gasteiger partial charge on any atom is 0.0537 e. The molecule has 2 aliphatic carbocycles. The summed E-state index contributed by atoms with van der Waals surface area (Å²) in [5.41, 5.74) is 20.8. The van der Waals surface area contributed by atoms with Crippen molar-refractivity contribution in [1.29, 1.82) is 0 Å². The number of hydrogen-bond donors (Lipinski definition) is 0. The van der Waals surface area contributed by atoms with Crippen LogP contribution in [0.4, 0.5) is 17.1 Å². The highest BCUT2D eigenvalue weighted by molar-refractivity contribution is 5.95. The van der Waals surface area contributed by atoms with E-state index < -0.39 is 0 Å². The van der Waals surface area contributed by atoms with Crippen molar-refractivity contribution in [2.24, 2.45) is 5.92 Å². The summed E-state index contributed by atoms with van der Waals surface area (Å²) >= 11 is 0. The van der Waals surface area contributed by atoms with Gasteiger partial charge in [0.05, 0.1) is 5.52 Å². The molecule has 1 aromatic heterocycles. The van der Waals surface area contributed by atoms with Gasteiger partial charge in [0, 0.05) is 39.3 Å². The highest BCUT2D eigenvalue weighted by atomic mass is 15.1. The lowest BCUT2D eigenvalue weighted by molar-refractivity contribution is 0.660. The number of rotatable bonds is 9. The molecule has 2 aliphatic rings. The summed E-state index contributed by atoms with van der Waals surface area (Å²) in [6, 6.07) is 60.4. The number of anilines is 3. The van der Waals surface area contributed by atoms with Gasteiger partial charge in [-0.25, -0.2) is 0 Å². The molecule has 0 radical (unpaired) electrons. The van der Waals surface area contributed by atoms with Gasteiger partial charge in [-0.1, -0.05) is 167 Å². The minimum Gasteiger partial charge on any atom is -0.310 e. The van der Waals surface area contributed by atoms with Gasteiger partial charge in [-0.15, -0.1) is 0 Å². The van der Waals surface area contributed by atoms with Crippen LogP contribution in [-0.4, -0.2) is 4.57 Å². The van der Waals surface area contributed by atoms with E-state index in [0.29, 0.717) is 5.92 Å². The first-order valence-corrected chi connectivity index (χ1v) is 21.5. The van der Waals surface area contributed by atoms with Crippen LogP contribution in [0.3, 0.4) is 0 Å². The average molecular weight is 787 g/mol. The molecular weight excluding hydrogens is 737 g/mol. The molecule has 296 valence electrons. The van der Waals surface area contributed by atoms with Crippen LogP contribution in [0.15, 0.2) is 201 Å². The fraction of sp³-hybridized carbons (Fsp3) is 0.119. The molecule has 2 heteroatoms. The molecule has 0 amide bonds. The van der Waals surface area contributed by atoms with Crippen LogP contribution in [0.25, 0.3) is 67.2 Å². The topological polar surface area (TPSA) is 8.17 Å². The highest BCUT2D eigenvalue weighted by Gasteiger charge is 2.35. The Kier molecular flexibility index (Phi) is 9.65. The zero-order chi connectivity index (χ0) is 41.7. The van der Waals surface area contributed by atoms with Crippen LogP contribution < -0.4 is 4.90 Å². The molecule has 0 saturated heterocycles. The quantitative estimate of drug-likeness (QED) is 0.132. The summed E-state index contributed by atoms with van der Waals surface area (Å²) in [6.45, 7) is 13.2. The van der Waals surface area contributed by atoms with Crippen LogP contribution in [-0.2, 0) is 5.41 Å². The van der Waals surface area contributed by atoms with E-state index in [1.807, 2.05) is 12.2 Å². The molecule has 0 saturated carbocycles. The van der Waals surface area contributed by atoms with E-state index in [1.54, 1.807) is 0 Å². The molecule has 10 rings (SSSR count). The second-order valence-electron chi connectivity index (χ2n) is 17.1. The minimum atomic E-state index is -0.105. The number of benzene rings is 7. The highest BCUT2D eigenvalue weighted by Crippen LogP contribution is 2.51. The van der Waals surface area contributed by atoms with Crippen molar-refractivity contribution in [1.82, 2.24) is 4.57 Å². The number of aromatic nitrogens is 1. The first-order chi connectivity index (χ1) is 29.8. The monoisotopic (exact) mass is 786 g/mol. The zero-order valence-electron chi connectivity index (χ0n) is 35.4. The maximum atomic E-state index is 3.95. The van der Waals surface area contributed by atoms with Gasteiger partial charge in [0.25, 0.3) is 0 Å². The number of allylic oxidation sites excluding steroid dienone is 6. The van der Waals surface area contributed by atoms with Crippen molar-refractivity contribution in [3.63, 3.8) is 0 Å². The van der Waals surface area contributed by atoms with Crippen molar-refractivity contribution in [3.05, 3.63) is 223 Å². The van der Waals surface area contributed by atoms with Crippen LogP contribution in [0.1, 0.15) is 49.6 Å². The van der Waals surface area contributed by atoms with Gasteiger partial charge in [0.1, 0.15) is 0 Å². The minimum absolute atomic E-state index is 0.105. The Morgan fingerprint density at radius 3 is 1.80 bits per heavy atom. The summed E-state index contributed by atoms with van der Waals surface area (Å²) < 4.78 is 2.40. The van der Waals surface area contributed by atoms with Gasteiger partial charge < -0.3 is 9.47 Å². The number of aryl methyl sites for hydroxylation is 1. The molecule has 7 aromatic carbocycles. The van der Waals surface area contributed by atoms with Crippen molar-refractivity contribution in [3.8, 4) is 44.5 Å². The Balaban J connectivity index is 1.03. The summed E-state index contributed by atoms with van der Waals surface area (Å²) in [4.78, 5) is 2.41. The van der Waals surface area contributed by atoms with Crippen LogP contribution in [0.2, 0.25) is 0 Å². The molecule has 0 bridgehead atoms. The smallest absolute Gasteiger partial charge is 0.0537 e. The maximum absolute atomic E-state index is 3.95. The molecule has 0 fully saturated rings. The Bertz CT molecular complexity index is 3020. The van der Waals surface area contributed by atoms with Crippen molar-refractivity contribution in [2.45, 2.75) is 39.5 Å². The van der Waals surface area contributed by atoms with Gasteiger partial charge in [0.15, 0.2) is 0 Å². The van der Waals surface area contributed by atoms with Crippen LogP contribution in [0, 0.1) is 12.8 Å². The van der Waals surface area contributed by atoms with E-state index in [4.69, 9.17) is 0 Å². The summed E-state index contributed by atoms with van der Waals surface area (Å²) in [7, 11) is 0. The fourth-order valence-electron chi connectivity index (χ4n) is 9.54. The van der Waals surface area contributed by atoms with Gasteiger partial charge in [-0.2, -0.15) is 0 Å². The standard InChI is InChI=1S/C59H50N2/c1-6-7-17-57-41(3)54-38-47(28-37-58(54)61(57)50-29-18-40(2)19-30-50)46-26-33-49(34-27-46)60(51-35-36-53-52-15-11-12-16-55(52)59(4,5)56(53)39-51)48-31-24-45(25-32-48)44-22-20-43(21-23-44)42-13-9-8-10-14-42/h6-18,20-40H,1,19H2,2-5H3/b17-7-. The van der Waals surface area contributed by atoms with E-state index in [9.17, 15) is 0 Å². The number of hydrogen-bond acceptors (Lipinski definition) is 1. The van der Waals surface area contributed by atoms with E-state index >= 15 is 0 Å². The van der Waals surface area contributed by atoms with Crippen LogP contribution in [0.5, 0.6) is 0 Å². The van der Waals surface area contributed by atoms with E-state index in [0.717, 1.165) is 23.5 Å². The summed E-state index contributed by atoms with van der Waals surface area (Å²) in [6.07, 6.45) is 14.1. The molecule has 0 N–H and O–H groups in total. The molecule has 0 aliphatic heterocycles. The van der Waals surface area contributed by atoms with Gasteiger partial charge in [0.2, 0.25) is 0 Å². The SMILES string of the molecule is C=C/C=C\c1c(C)c2cc(-c3ccc(N(c4ccc(-c5ccc(-c6ccccc6)cc5)cc4)c4ccc5c(c4)C(C)(C)c4ccccc4-5)cc3)ccc2n1C1=CCC(C)C=C1. The summed E-state index contributed by atoms with van der Waals surface area (Å²) in [5.74, 6) is 0.555. The second-order valence-corrected chi connectivity index (χ2v) is 17.1. The average Bonchev–Trinajstić information content (AvgIpc) is 3.71. The molecule has 0 spiro atoms.